The molecule has 0 atom stereocenters. The second kappa shape index (κ2) is 6.46. The molecule has 7 rings (SSSR count). The van der Waals surface area contributed by atoms with Crippen molar-refractivity contribution in [1.82, 2.24) is 14.8 Å². The molecule has 28 heavy (non-hydrogen) atoms. The van der Waals surface area contributed by atoms with Gasteiger partial charge in [0.1, 0.15) is 10.0 Å². The van der Waals surface area contributed by atoms with E-state index in [0.29, 0.717) is 5.41 Å². The Morgan fingerprint density at radius 3 is 2.36 bits per heavy atom. The number of para-hydroxylation sites is 1. The molecule has 3 aromatic rings. The average molecular weight is 408 g/mol. The van der Waals surface area contributed by atoms with Gasteiger partial charge in [-0.1, -0.05) is 18.2 Å². The fourth-order valence-electron chi connectivity index (χ4n) is 6.43. The van der Waals surface area contributed by atoms with Crippen LogP contribution in [0.15, 0.2) is 46.9 Å². The monoisotopic (exact) mass is 407 g/mol. The highest BCUT2D eigenvalue weighted by atomic mass is 32.2. The molecular weight excluding hydrogens is 382 g/mol. The zero-order valence-electron chi connectivity index (χ0n) is 16.2. The van der Waals surface area contributed by atoms with Crippen molar-refractivity contribution in [2.75, 3.05) is 6.26 Å². The quantitative estimate of drug-likeness (QED) is 0.483. The number of rotatable bonds is 4. The number of nitrogens with zero attached hydrogens (tertiary/aromatic N) is 3. The lowest BCUT2D eigenvalue weighted by molar-refractivity contribution is -0.00689. The van der Waals surface area contributed by atoms with E-state index in [-0.39, 0.29) is 0 Å². The second-order valence-corrected chi connectivity index (χ2v) is 10.7. The molecule has 0 N–H and O–H groups in total. The molecule has 1 aromatic carbocycles. The summed E-state index contributed by atoms with van der Waals surface area (Å²) in [6.45, 7) is 0. The van der Waals surface area contributed by atoms with Crippen LogP contribution in [0.5, 0.6) is 0 Å². The zero-order chi connectivity index (χ0) is 18.7. The van der Waals surface area contributed by atoms with Crippen molar-refractivity contribution in [2.45, 2.75) is 49.0 Å². The Balaban J connectivity index is 1.37. The molecule has 144 valence electrons. The summed E-state index contributed by atoms with van der Waals surface area (Å²) in [6, 6.07) is 10.4. The van der Waals surface area contributed by atoms with Gasteiger partial charge in [-0.05, 0) is 74.7 Å². The predicted octanol–water partition coefficient (Wildman–Crippen LogP) is 6.19. The second-order valence-electron chi connectivity index (χ2n) is 9.07. The van der Waals surface area contributed by atoms with Crippen molar-refractivity contribution in [2.24, 2.45) is 17.8 Å². The Labute approximate surface area is 174 Å². The van der Waals surface area contributed by atoms with Gasteiger partial charge in [0.05, 0.1) is 16.9 Å². The van der Waals surface area contributed by atoms with E-state index in [2.05, 4.69) is 42.1 Å². The van der Waals surface area contributed by atoms with Crippen LogP contribution in [0, 0.1) is 17.8 Å². The van der Waals surface area contributed by atoms with E-state index in [1.807, 2.05) is 22.1 Å². The van der Waals surface area contributed by atoms with E-state index < -0.39 is 0 Å². The minimum absolute atomic E-state index is 0.373. The standard InChI is InChI=1S/C23H25N3S2/c1-27-22-19(13-26(25-22)18-5-3-2-4-6-18)21-24-20(14-28-21)23-10-15-7-16(11-23)9-17(8-15)12-23/h2-6,13-17H,7-12H2,1H3. The van der Waals surface area contributed by atoms with Crippen LogP contribution in [0.4, 0.5) is 0 Å². The lowest BCUT2D eigenvalue weighted by atomic mass is 9.49. The van der Waals surface area contributed by atoms with Crippen LogP contribution in [0.1, 0.15) is 44.2 Å². The van der Waals surface area contributed by atoms with E-state index in [9.17, 15) is 0 Å². The molecule has 0 saturated heterocycles. The third-order valence-corrected chi connectivity index (χ3v) is 8.77. The summed E-state index contributed by atoms with van der Waals surface area (Å²) in [5.41, 5.74) is 4.03. The third kappa shape index (κ3) is 2.70. The highest BCUT2D eigenvalue weighted by molar-refractivity contribution is 7.98. The molecule has 2 aromatic heterocycles. The maximum Gasteiger partial charge on any atom is 0.129 e. The molecule has 2 heterocycles. The lowest BCUT2D eigenvalue weighted by Crippen LogP contribution is -2.48. The summed E-state index contributed by atoms with van der Waals surface area (Å²) in [4.78, 5) is 5.24. The minimum atomic E-state index is 0.373. The van der Waals surface area contributed by atoms with Crippen LogP contribution >= 0.6 is 23.1 Å². The Morgan fingerprint density at radius 1 is 1.04 bits per heavy atom. The summed E-state index contributed by atoms with van der Waals surface area (Å²) in [7, 11) is 0. The number of aromatic nitrogens is 3. The van der Waals surface area contributed by atoms with Gasteiger partial charge in [-0.2, -0.15) is 5.10 Å². The lowest BCUT2D eigenvalue weighted by Gasteiger charge is -2.56. The molecule has 3 nitrogen and oxygen atoms in total. The summed E-state index contributed by atoms with van der Waals surface area (Å²) >= 11 is 3.52. The van der Waals surface area contributed by atoms with Crippen molar-refractivity contribution < 1.29 is 0 Å². The molecule has 4 aliphatic rings. The minimum Gasteiger partial charge on any atom is -0.240 e. The largest absolute Gasteiger partial charge is 0.240 e. The van der Waals surface area contributed by atoms with Crippen molar-refractivity contribution in [3.8, 4) is 16.3 Å². The average Bonchev–Trinajstić information content (AvgIpc) is 3.35. The topological polar surface area (TPSA) is 30.7 Å². The van der Waals surface area contributed by atoms with Gasteiger partial charge in [-0.15, -0.1) is 23.1 Å². The molecule has 0 spiro atoms. The predicted molar refractivity (Wildman–Crippen MR) is 116 cm³/mol. The number of benzene rings is 1. The van der Waals surface area contributed by atoms with Gasteiger partial charge in [0.2, 0.25) is 0 Å². The van der Waals surface area contributed by atoms with Crippen LogP contribution in [-0.2, 0) is 5.41 Å². The molecule has 4 fully saturated rings. The number of thioether (sulfide) groups is 1. The van der Waals surface area contributed by atoms with Crippen LogP contribution < -0.4 is 0 Å². The van der Waals surface area contributed by atoms with E-state index in [4.69, 9.17) is 10.1 Å². The Morgan fingerprint density at radius 2 is 1.71 bits per heavy atom. The van der Waals surface area contributed by atoms with E-state index in [1.165, 1.54) is 49.8 Å². The molecule has 4 bridgehead atoms. The highest BCUT2D eigenvalue weighted by Crippen LogP contribution is 2.60. The molecule has 4 aliphatic carbocycles. The fourth-order valence-corrected chi connectivity index (χ4v) is 7.99. The number of hydrogen-bond donors (Lipinski definition) is 0. The summed E-state index contributed by atoms with van der Waals surface area (Å²) in [5, 5.41) is 9.39. The van der Waals surface area contributed by atoms with Gasteiger partial charge in [-0.3, -0.25) is 0 Å². The maximum absolute atomic E-state index is 5.24. The number of hydrogen-bond acceptors (Lipinski definition) is 4. The van der Waals surface area contributed by atoms with Crippen molar-refractivity contribution in [3.05, 3.63) is 47.6 Å². The van der Waals surface area contributed by atoms with Gasteiger partial charge in [-0.25, -0.2) is 9.67 Å². The van der Waals surface area contributed by atoms with Crippen LogP contribution in [-0.4, -0.2) is 21.0 Å². The molecule has 0 amide bonds. The molecule has 4 saturated carbocycles. The van der Waals surface area contributed by atoms with Gasteiger partial charge >= 0.3 is 0 Å². The summed E-state index contributed by atoms with van der Waals surface area (Å²) < 4.78 is 1.99. The van der Waals surface area contributed by atoms with E-state index >= 15 is 0 Å². The Bertz CT molecular complexity index is 969. The van der Waals surface area contributed by atoms with Gasteiger partial charge in [0.25, 0.3) is 0 Å². The zero-order valence-corrected chi connectivity index (χ0v) is 17.8. The van der Waals surface area contributed by atoms with Crippen LogP contribution in [0.2, 0.25) is 0 Å². The maximum atomic E-state index is 5.24. The highest BCUT2D eigenvalue weighted by Gasteiger charge is 2.52. The first-order chi connectivity index (χ1) is 13.7. The SMILES string of the molecule is CSc1nn(-c2ccccc2)cc1-c1nc(C23CC4CC(CC(C4)C2)C3)cs1. The smallest absolute Gasteiger partial charge is 0.129 e. The van der Waals surface area contributed by atoms with Gasteiger partial charge in [0, 0.05) is 17.0 Å². The molecular formula is C23H25N3S2. The summed E-state index contributed by atoms with van der Waals surface area (Å²) in [6.07, 6.45) is 12.8. The van der Waals surface area contributed by atoms with Crippen LogP contribution in [0.3, 0.4) is 0 Å². The Hall–Kier alpha value is -1.59. The Kier molecular flexibility index (Phi) is 3.99. The first-order valence-electron chi connectivity index (χ1n) is 10.4. The van der Waals surface area contributed by atoms with Crippen LogP contribution in [0.25, 0.3) is 16.3 Å². The van der Waals surface area contributed by atoms with Crippen molar-refractivity contribution in [3.63, 3.8) is 0 Å². The molecule has 0 aliphatic heterocycles. The van der Waals surface area contributed by atoms with Crippen molar-refractivity contribution in [1.29, 1.82) is 0 Å². The van der Waals surface area contributed by atoms with Crippen molar-refractivity contribution >= 4 is 23.1 Å². The first kappa shape index (κ1) is 17.3. The number of thiazole rings is 1. The van der Waals surface area contributed by atoms with E-state index in [1.54, 1.807) is 11.8 Å². The third-order valence-electron chi connectivity index (χ3n) is 7.21. The normalized spacial score (nSPS) is 30.8. The molecule has 0 unspecified atom stereocenters. The van der Waals surface area contributed by atoms with Gasteiger partial charge in [0.15, 0.2) is 0 Å². The fraction of sp³-hybridized carbons (Fsp3) is 0.478. The first-order valence-corrected chi connectivity index (χ1v) is 12.5. The molecule has 5 heteroatoms. The molecule has 0 radical (unpaired) electrons. The van der Waals surface area contributed by atoms with Gasteiger partial charge < -0.3 is 0 Å². The van der Waals surface area contributed by atoms with E-state index in [0.717, 1.165) is 33.5 Å². The summed E-state index contributed by atoms with van der Waals surface area (Å²) in [5.74, 6) is 2.87.